The van der Waals surface area contributed by atoms with Crippen molar-refractivity contribution in [2.45, 2.75) is 51.9 Å². The smallest absolute Gasteiger partial charge is 0.306 e. The Morgan fingerprint density at radius 2 is 2.13 bits per heavy atom. The van der Waals surface area contributed by atoms with Gasteiger partial charge in [0.25, 0.3) is 0 Å². The van der Waals surface area contributed by atoms with Crippen LogP contribution in [0.2, 0.25) is 0 Å². The van der Waals surface area contributed by atoms with Gasteiger partial charge < -0.3 is 5.11 Å². The first-order valence-electron chi connectivity index (χ1n) is 6.09. The van der Waals surface area contributed by atoms with Crippen LogP contribution in [0.15, 0.2) is 12.2 Å². The lowest BCUT2D eigenvalue weighted by Crippen LogP contribution is -2.08. The zero-order valence-electron chi connectivity index (χ0n) is 9.61. The van der Waals surface area contributed by atoms with Gasteiger partial charge in [0, 0.05) is 0 Å². The van der Waals surface area contributed by atoms with Crippen LogP contribution in [-0.4, -0.2) is 11.1 Å². The number of carboxylic acids is 1. The summed E-state index contributed by atoms with van der Waals surface area (Å²) >= 11 is 0. The van der Waals surface area contributed by atoms with E-state index in [-0.39, 0.29) is 5.92 Å². The summed E-state index contributed by atoms with van der Waals surface area (Å²) in [7, 11) is 0. The van der Waals surface area contributed by atoms with Gasteiger partial charge in [0.05, 0.1) is 5.92 Å². The molecular formula is C13H22O2. The lowest BCUT2D eigenvalue weighted by Gasteiger charge is -2.04. The Morgan fingerprint density at radius 3 is 2.73 bits per heavy atom. The predicted molar refractivity (Wildman–Crippen MR) is 61.7 cm³/mol. The lowest BCUT2D eigenvalue weighted by molar-refractivity contribution is -0.141. The standard InChI is InChI=1S/C13H22O2/c1-11(13(14)15)7-3-2-4-8-12-9-5-6-10-12/h4,8,11-12H,2-3,5-7,9-10H2,1H3,(H,14,15)/b8-4+/t11-/m1/s1. The summed E-state index contributed by atoms with van der Waals surface area (Å²) in [6, 6.07) is 0. The van der Waals surface area contributed by atoms with Crippen LogP contribution in [0.4, 0.5) is 0 Å². The second-order valence-corrected chi connectivity index (χ2v) is 4.64. The molecule has 0 bridgehead atoms. The van der Waals surface area contributed by atoms with E-state index in [1.165, 1.54) is 25.7 Å². The molecule has 1 aliphatic rings. The van der Waals surface area contributed by atoms with Crippen LogP contribution >= 0.6 is 0 Å². The average molecular weight is 210 g/mol. The first-order chi connectivity index (χ1) is 7.20. The van der Waals surface area contributed by atoms with Crippen molar-refractivity contribution >= 4 is 5.97 Å². The monoisotopic (exact) mass is 210 g/mol. The summed E-state index contributed by atoms with van der Waals surface area (Å²) in [5.41, 5.74) is 0. The van der Waals surface area contributed by atoms with E-state index < -0.39 is 5.97 Å². The van der Waals surface area contributed by atoms with E-state index in [4.69, 9.17) is 5.11 Å². The first kappa shape index (κ1) is 12.3. The second-order valence-electron chi connectivity index (χ2n) is 4.64. The maximum absolute atomic E-state index is 10.6. The van der Waals surface area contributed by atoms with Crippen molar-refractivity contribution < 1.29 is 9.90 Å². The van der Waals surface area contributed by atoms with Crippen LogP contribution in [0.3, 0.4) is 0 Å². The predicted octanol–water partition coefficient (Wildman–Crippen LogP) is 3.62. The Hall–Kier alpha value is -0.790. The molecule has 1 atom stereocenters. The first-order valence-corrected chi connectivity index (χ1v) is 6.09. The highest BCUT2D eigenvalue weighted by atomic mass is 16.4. The zero-order valence-corrected chi connectivity index (χ0v) is 9.61. The van der Waals surface area contributed by atoms with Crippen molar-refractivity contribution in [1.82, 2.24) is 0 Å². The Bertz CT molecular complexity index is 215. The minimum Gasteiger partial charge on any atom is -0.481 e. The molecule has 0 aromatic heterocycles. The minimum atomic E-state index is -0.672. The molecule has 15 heavy (non-hydrogen) atoms. The Labute approximate surface area is 92.4 Å². The molecule has 0 aromatic rings. The fourth-order valence-electron chi connectivity index (χ4n) is 2.10. The third-order valence-electron chi connectivity index (χ3n) is 3.24. The molecule has 2 heteroatoms. The van der Waals surface area contributed by atoms with Gasteiger partial charge in [-0.3, -0.25) is 4.79 Å². The summed E-state index contributed by atoms with van der Waals surface area (Å²) in [5, 5.41) is 8.69. The van der Waals surface area contributed by atoms with E-state index in [1.807, 2.05) is 0 Å². The van der Waals surface area contributed by atoms with Gasteiger partial charge in [-0.05, 0) is 38.0 Å². The highest BCUT2D eigenvalue weighted by Crippen LogP contribution is 2.25. The van der Waals surface area contributed by atoms with Gasteiger partial charge >= 0.3 is 5.97 Å². The number of carboxylic acid groups (broad SMARTS) is 1. The van der Waals surface area contributed by atoms with Gasteiger partial charge in [0.2, 0.25) is 0 Å². The van der Waals surface area contributed by atoms with Crippen molar-refractivity contribution in [2.75, 3.05) is 0 Å². The molecule has 1 saturated carbocycles. The number of hydrogen-bond acceptors (Lipinski definition) is 1. The molecule has 2 nitrogen and oxygen atoms in total. The Morgan fingerprint density at radius 1 is 1.47 bits per heavy atom. The summed E-state index contributed by atoms with van der Waals surface area (Å²) in [6.45, 7) is 1.78. The maximum atomic E-state index is 10.6. The largest absolute Gasteiger partial charge is 0.481 e. The van der Waals surface area contributed by atoms with Crippen molar-refractivity contribution in [2.24, 2.45) is 11.8 Å². The molecule has 0 radical (unpaired) electrons. The van der Waals surface area contributed by atoms with Crippen LogP contribution in [-0.2, 0) is 4.79 Å². The van der Waals surface area contributed by atoms with Crippen LogP contribution in [0, 0.1) is 11.8 Å². The van der Waals surface area contributed by atoms with Crippen LogP contribution in [0.1, 0.15) is 51.9 Å². The van der Waals surface area contributed by atoms with Crippen molar-refractivity contribution in [3.8, 4) is 0 Å². The molecule has 0 unspecified atom stereocenters. The Balaban J connectivity index is 2.03. The molecular weight excluding hydrogens is 188 g/mol. The highest BCUT2D eigenvalue weighted by Gasteiger charge is 2.11. The lowest BCUT2D eigenvalue weighted by atomic mass is 10.0. The van der Waals surface area contributed by atoms with Crippen LogP contribution < -0.4 is 0 Å². The molecule has 1 N–H and O–H groups in total. The Kier molecular flexibility index (Phi) is 5.44. The van der Waals surface area contributed by atoms with Crippen LogP contribution in [0.25, 0.3) is 0 Å². The molecule has 0 amide bonds. The van der Waals surface area contributed by atoms with E-state index in [0.29, 0.717) is 0 Å². The van der Waals surface area contributed by atoms with Gasteiger partial charge in [0.1, 0.15) is 0 Å². The van der Waals surface area contributed by atoms with Gasteiger partial charge in [-0.1, -0.05) is 31.9 Å². The quantitative estimate of drug-likeness (QED) is 0.537. The van der Waals surface area contributed by atoms with Gasteiger partial charge in [-0.15, -0.1) is 0 Å². The fraction of sp³-hybridized carbons (Fsp3) is 0.769. The third kappa shape index (κ3) is 5.01. The summed E-state index contributed by atoms with van der Waals surface area (Å²) in [5.74, 6) is -0.0541. The van der Waals surface area contributed by atoms with Crippen molar-refractivity contribution in [1.29, 1.82) is 0 Å². The molecule has 1 rings (SSSR count). The topological polar surface area (TPSA) is 37.3 Å². The molecule has 1 fully saturated rings. The van der Waals surface area contributed by atoms with Gasteiger partial charge in [0.15, 0.2) is 0 Å². The van der Waals surface area contributed by atoms with E-state index in [1.54, 1.807) is 6.92 Å². The van der Waals surface area contributed by atoms with Gasteiger partial charge in [-0.2, -0.15) is 0 Å². The highest BCUT2D eigenvalue weighted by molar-refractivity contribution is 5.69. The number of hydrogen-bond donors (Lipinski definition) is 1. The van der Waals surface area contributed by atoms with E-state index in [9.17, 15) is 4.79 Å². The average Bonchev–Trinajstić information content (AvgIpc) is 2.69. The zero-order chi connectivity index (χ0) is 11.1. The SMILES string of the molecule is C[C@H](CCC/C=C/C1CCCC1)C(=O)O. The second kappa shape index (κ2) is 6.65. The number of rotatable bonds is 6. The van der Waals surface area contributed by atoms with Crippen LogP contribution in [0.5, 0.6) is 0 Å². The molecule has 0 aromatic carbocycles. The summed E-state index contributed by atoms with van der Waals surface area (Å²) < 4.78 is 0. The third-order valence-corrected chi connectivity index (χ3v) is 3.24. The molecule has 86 valence electrons. The van der Waals surface area contributed by atoms with E-state index in [0.717, 1.165) is 25.2 Å². The number of aliphatic carboxylic acids is 1. The molecule has 0 saturated heterocycles. The maximum Gasteiger partial charge on any atom is 0.306 e. The molecule has 0 heterocycles. The number of carbonyl (C=O) groups is 1. The fourth-order valence-corrected chi connectivity index (χ4v) is 2.10. The molecule has 0 aliphatic heterocycles. The number of allylic oxidation sites excluding steroid dienone is 2. The van der Waals surface area contributed by atoms with Crippen molar-refractivity contribution in [3.05, 3.63) is 12.2 Å². The minimum absolute atomic E-state index is 0.190. The number of unbranched alkanes of at least 4 members (excludes halogenated alkanes) is 1. The van der Waals surface area contributed by atoms with E-state index in [2.05, 4.69) is 12.2 Å². The molecule has 1 aliphatic carbocycles. The summed E-state index contributed by atoms with van der Waals surface area (Å²) in [4.78, 5) is 10.6. The van der Waals surface area contributed by atoms with Crippen molar-refractivity contribution in [3.63, 3.8) is 0 Å². The molecule has 0 spiro atoms. The van der Waals surface area contributed by atoms with E-state index >= 15 is 0 Å². The van der Waals surface area contributed by atoms with Gasteiger partial charge in [-0.25, -0.2) is 0 Å². The normalized spacial score (nSPS) is 19.8. The summed E-state index contributed by atoms with van der Waals surface area (Å²) in [6.07, 6.45) is 12.9.